The summed E-state index contributed by atoms with van der Waals surface area (Å²) in [5, 5.41) is 0. The van der Waals surface area contributed by atoms with E-state index < -0.39 is 0 Å². The van der Waals surface area contributed by atoms with Crippen LogP contribution in [0.5, 0.6) is 0 Å². The number of aryl methyl sites for hydroxylation is 11. The zero-order valence-electron chi connectivity index (χ0n) is 24.0. The first-order valence-corrected chi connectivity index (χ1v) is 12.5. The summed E-state index contributed by atoms with van der Waals surface area (Å²) in [5.74, 6) is 0. The Kier molecular flexibility index (Phi) is 15.1. The molecule has 0 aromatic heterocycles. The molecule has 0 bridgehead atoms. The Bertz CT molecular complexity index is 1060. The Morgan fingerprint density at radius 1 is 0.278 bits per heavy atom. The molecule has 0 unspecified atom stereocenters. The highest BCUT2D eigenvalue weighted by Gasteiger charge is 1.90. The van der Waals surface area contributed by atoms with Gasteiger partial charge in [0.15, 0.2) is 0 Å². The summed E-state index contributed by atoms with van der Waals surface area (Å²) >= 11 is 0. The van der Waals surface area contributed by atoms with E-state index in [4.69, 9.17) is 0 Å². The summed E-state index contributed by atoms with van der Waals surface area (Å²) < 4.78 is 0. The van der Waals surface area contributed by atoms with Gasteiger partial charge in [0.2, 0.25) is 0 Å². The van der Waals surface area contributed by atoms with Crippen LogP contribution in [-0.2, 0) is 0 Å². The van der Waals surface area contributed by atoms with Gasteiger partial charge >= 0.3 is 0 Å². The summed E-state index contributed by atoms with van der Waals surface area (Å²) in [5.41, 5.74) is 15.1. The van der Waals surface area contributed by atoms with Gasteiger partial charge in [0, 0.05) is 0 Å². The second-order valence-electron chi connectivity index (χ2n) is 9.85. The lowest BCUT2D eigenvalue weighted by Crippen LogP contribution is -1.79. The molecule has 0 aliphatic heterocycles. The molecule has 4 aromatic carbocycles. The highest BCUT2D eigenvalue weighted by atomic mass is 14.0. The minimum atomic E-state index is 0. The number of hydrogen-bond acceptors (Lipinski definition) is 0. The van der Waals surface area contributed by atoms with Crippen LogP contribution in [0.25, 0.3) is 0 Å². The largest absolute Gasteiger partial charge is 0.0776 e. The third-order valence-corrected chi connectivity index (χ3v) is 6.41. The zero-order chi connectivity index (χ0) is 26.5. The van der Waals surface area contributed by atoms with Gasteiger partial charge in [-0.15, -0.1) is 0 Å². The van der Waals surface area contributed by atoms with Crippen LogP contribution in [0.2, 0.25) is 0 Å². The van der Waals surface area contributed by atoms with Gasteiger partial charge in [0.25, 0.3) is 0 Å². The number of benzene rings is 4. The summed E-state index contributed by atoms with van der Waals surface area (Å²) in [7, 11) is 0. The van der Waals surface area contributed by atoms with E-state index in [9.17, 15) is 0 Å². The van der Waals surface area contributed by atoms with Gasteiger partial charge in [-0.1, -0.05) is 103 Å². The molecule has 0 N–H and O–H groups in total. The Hall–Kier alpha value is -3.12. The maximum absolute atomic E-state index is 2.20. The van der Waals surface area contributed by atoms with Crippen molar-refractivity contribution < 1.29 is 0 Å². The van der Waals surface area contributed by atoms with E-state index in [0.29, 0.717) is 0 Å². The molecule has 0 nitrogen and oxygen atoms in total. The first-order chi connectivity index (χ1) is 16.4. The predicted octanol–water partition coefficient (Wildman–Crippen LogP) is 10.8. The first kappa shape index (κ1) is 32.9. The van der Waals surface area contributed by atoms with Crippen LogP contribution >= 0.6 is 0 Å². The quantitative estimate of drug-likeness (QED) is 0.234. The van der Waals surface area contributed by atoms with E-state index in [1.165, 1.54) is 61.2 Å². The van der Waals surface area contributed by atoms with Gasteiger partial charge in [0.05, 0.1) is 0 Å². The average molecular weight is 483 g/mol. The van der Waals surface area contributed by atoms with Crippen molar-refractivity contribution in [2.75, 3.05) is 0 Å². The van der Waals surface area contributed by atoms with E-state index in [2.05, 4.69) is 155 Å². The highest BCUT2D eigenvalue weighted by Crippen LogP contribution is 2.09. The van der Waals surface area contributed by atoms with Crippen LogP contribution in [0.15, 0.2) is 78.9 Å². The Morgan fingerprint density at radius 3 is 0.667 bits per heavy atom. The highest BCUT2D eigenvalue weighted by molar-refractivity contribution is 5.30. The van der Waals surface area contributed by atoms with Crippen molar-refractivity contribution in [2.24, 2.45) is 0 Å². The van der Waals surface area contributed by atoms with Gasteiger partial charge in [-0.05, 0) is 121 Å². The molecule has 0 aliphatic rings. The minimum Gasteiger partial charge on any atom is -0.0776 e. The molecule has 0 saturated carbocycles. The van der Waals surface area contributed by atoms with Crippen LogP contribution < -0.4 is 0 Å². The van der Waals surface area contributed by atoms with Crippen molar-refractivity contribution in [3.63, 3.8) is 0 Å². The van der Waals surface area contributed by atoms with Crippen LogP contribution in [0.4, 0.5) is 0 Å². The summed E-state index contributed by atoms with van der Waals surface area (Å²) in [4.78, 5) is 0. The van der Waals surface area contributed by atoms with Crippen molar-refractivity contribution in [3.05, 3.63) is 140 Å². The molecule has 0 spiro atoms. The van der Waals surface area contributed by atoms with Gasteiger partial charge < -0.3 is 0 Å². The second kappa shape index (κ2) is 16.5. The molecular formula is C36H50. The molecule has 0 heterocycles. The van der Waals surface area contributed by atoms with E-state index >= 15 is 0 Å². The maximum atomic E-state index is 2.20. The summed E-state index contributed by atoms with van der Waals surface area (Å²) in [6, 6.07) is 27.9. The molecule has 0 aliphatic carbocycles. The molecule has 4 aromatic rings. The molecule has 0 heteroatoms. The van der Waals surface area contributed by atoms with Crippen LogP contribution in [0, 0.1) is 76.2 Å². The zero-order valence-corrected chi connectivity index (χ0v) is 24.0. The SMILES string of the molecule is C.Cc1ccc(C)c(C)c1.Cc1ccc(C)c(C)c1.Cc1ccc(C)c(C)c1.Cc1ccccc1C. The monoisotopic (exact) mass is 482 g/mol. The van der Waals surface area contributed by atoms with Crippen molar-refractivity contribution in [1.82, 2.24) is 0 Å². The van der Waals surface area contributed by atoms with Crippen molar-refractivity contribution in [3.8, 4) is 0 Å². The number of rotatable bonds is 0. The molecule has 194 valence electrons. The standard InChI is InChI=1S/3C9H12.C8H10.CH4/c3*1-7-4-5-8(2)9(3)6-7;1-7-5-3-4-6-8(7)2;/h3*4-6H,1-3H3;3-6H,1-2H3;1H4. The molecule has 0 fully saturated rings. The van der Waals surface area contributed by atoms with Crippen molar-refractivity contribution >= 4 is 0 Å². The van der Waals surface area contributed by atoms with Crippen LogP contribution in [-0.4, -0.2) is 0 Å². The lowest BCUT2D eigenvalue weighted by molar-refractivity contribution is 1.30. The fraction of sp³-hybridized carbons (Fsp3) is 0.333. The molecule has 4 rings (SSSR count). The van der Waals surface area contributed by atoms with Crippen LogP contribution in [0.3, 0.4) is 0 Å². The van der Waals surface area contributed by atoms with Gasteiger partial charge in [-0.25, -0.2) is 0 Å². The smallest absolute Gasteiger partial charge is 0.0395 e. The lowest BCUT2D eigenvalue weighted by atomic mass is 10.1. The van der Waals surface area contributed by atoms with E-state index in [-0.39, 0.29) is 7.43 Å². The third kappa shape index (κ3) is 12.5. The van der Waals surface area contributed by atoms with Gasteiger partial charge in [0.1, 0.15) is 0 Å². The van der Waals surface area contributed by atoms with E-state index in [0.717, 1.165) is 0 Å². The molecule has 0 radical (unpaired) electrons. The summed E-state index contributed by atoms with van der Waals surface area (Å²) in [6.07, 6.45) is 0. The molecule has 0 saturated heterocycles. The van der Waals surface area contributed by atoms with Gasteiger partial charge in [-0.2, -0.15) is 0 Å². The molecular weight excluding hydrogens is 432 g/mol. The predicted molar refractivity (Wildman–Crippen MR) is 165 cm³/mol. The van der Waals surface area contributed by atoms with E-state index in [1.807, 2.05) is 0 Å². The Morgan fingerprint density at radius 2 is 0.500 bits per heavy atom. The second-order valence-corrected chi connectivity index (χ2v) is 9.85. The fourth-order valence-electron chi connectivity index (χ4n) is 3.34. The number of hydrogen-bond donors (Lipinski definition) is 0. The van der Waals surface area contributed by atoms with E-state index in [1.54, 1.807) is 0 Å². The normalized spacial score (nSPS) is 9.31. The average Bonchev–Trinajstić information content (AvgIpc) is 2.80. The molecule has 0 atom stereocenters. The molecule has 0 amide bonds. The van der Waals surface area contributed by atoms with Crippen molar-refractivity contribution in [1.29, 1.82) is 0 Å². The lowest BCUT2D eigenvalue weighted by Gasteiger charge is -1.98. The van der Waals surface area contributed by atoms with Gasteiger partial charge in [-0.3, -0.25) is 0 Å². The topological polar surface area (TPSA) is 0 Å². The minimum absolute atomic E-state index is 0. The van der Waals surface area contributed by atoms with Crippen LogP contribution in [0.1, 0.15) is 68.6 Å². The third-order valence-electron chi connectivity index (χ3n) is 6.41. The fourth-order valence-corrected chi connectivity index (χ4v) is 3.34. The first-order valence-electron chi connectivity index (χ1n) is 12.5. The maximum Gasteiger partial charge on any atom is -0.0395 e. The van der Waals surface area contributed by atoms with Crippen molar-refractivity contribution in [2.45, 2.75) is 83.6 Å². The summed E-state index contributed by atoms with van der Waals surface area (Å²) in [6.45, 7) is 23.4. The Labute approximate surface area is 223 Å². The Balaban J connectivity index is 0.000000450. The molecule has 36 heavy (non-hydrogen) atoms.